The van der Waals surface area contributed by atoms with Gasteiger partial charge in [0.25, 0.3) is 0 Å². The lowest BCUT2D eigenvalue weighted by Gasteiger charge is -2.01. The molecule has 0 radical (unpaired) electrons. The standard InChI is InChI=1S/C12H9N5O/c13-12-10(8-1-4-14-5-2-8)11(17-18-12)9-3-6-15-16-7-9/h1-7H,13H2. The summed E-state index contributed by atoms with van der Waals surface area (Å²) in [6.45, 7) is 0. The lowest BCUT2D eigenvalue weighted by atomic mass is 10.0. The van der Waals surface area contributed by atoms with Crippen molar-refractivity contribution >= 4 is 5.88 Å². The maximum absolute atomic E-state index is 5.83. The summed E-state index contributed by atoms with van der Waals surface area (Å²) in [7, 11) is 0. The summed E-state index contributed by atoms with van der Waals surface area (Å²) in [5, 5.41) is 11.5. The van der Waals surface area contributed by atoms with Crippen LogP contribution in [0.25, 0.3) is 22.4 Å². The molecule has 0 unspecified atom stereocenters. The van der Waals surface area contributed by atoms with Gasteiger partial charge in [-0.25, -0.2) is 0 Å². The number of nitrogens with two attached hydrogens (primary N) is 1. The fraction of sp³-hybridized carbons (Fsp3) is 0. The first-order chi connectivity index (χ1) is 8.86. The average Bonchev–Trinajstić information content (AvgIpc) is 2.83. The van der Waals surface area contributed by atoms with E-state index in [2.05, 4.69) is 20.3 Å². The van der Waals surface area contributed by atoms with E-state index in [4.69, 9.17) is 10.3 Å². The molecule has 0 aliphatic carbocycles. The topological polar surface area (TPSA) is 90.7 Å². The Morgan fingerprint density at radius 1 is 0.944 bits per heavy atom. The smallest absolute Gasteiger partial charge is 0.230 e. The lowest BCUT2D eigenvalue weighted by molar-refractivity contribution is 0.439. The Bertz CT molecular complexity index is 651. The molecule has 0 aromatic carbocycles. The maximum Gasteiger partial charge on any atom is 0.230 e. The third-order valence-electron chi connectivity index (χ3n) is 2.55. The van der Waals surface area contributed by atoms with Crippen molar-refractivity contribution in [3.8, 4) is 22.4 Å². The fourth-order valence-electron chi connectivity index (χ4n) is 1.73. The number of rotatable bonds is 2. The van der Waals surface area contributed by atoms with E-state index < -0.39 is 0 Å². The molecule has 0 saturated heterocycles. The molecular weight excluding hydrogens is 230 g/mol. The van der Waals surface area contributed by atoms with Gasteiger partial charge in [-0.2, -0.15) is 10.2 Å². The van der Waals surface area contributed by atoms with Crippen molar-refractivity contribution in [2.75, 3.05) is 5.73 Å². The van der Waals surface area contributed by atoms with Gasteiger partial charge in [0.2, 0.25) is 5.88 Å². The van der Waals surface area contributed by atoms with Crippen molar-refractivity contribution in [3.05, 3.63) is 43.0 Å². The number of nitrogen functional groups attached to an aromatic ring is 1. The van der Waals surface area contributed by atoms with Gasteiger partial charge in [-0.05, 0) is 23.8 Å². The summed E-state index contributed by atoms with van der Waals surface area (Å²) in [4.78, 5) is 3.97. The van der Waals surface area contributed by atoms with Crippen molar-refractivity contribution in [2.45, 2.75) is 0 Å². The van der Waals surface area contributed by atoms with Crippen LogP contribution in [0.2, 0.25) is 0 Å². The Morgan fingerprint density at radius 3 is 2.44 bits per heavy atom. The van der Waals surface area contributed by atoms with Crippen LogP contribution >= 0.6 is 0 Å². The van der Waals surface area contributed by atoms with Gasteiger partial charge in [0, 0.05) is 18.0 Å². The molecule has 0 saturated carbocycles. The number of aromatic nitrogens is 4. The first-order valence-electron chi connectivity index (χ1n) is 5.29. The number of pyridine rings is 1. The Hall–Kier alpha value is -2.76. The monoisotopic (exact) mass is 239 g/mol. The van der Waals surface area contributed by atoms with E-state index >= 15 is 0 Å². The van der Waals surface area contributed by atoms with Gasteiger partial charge in [0.1, 0.15) is 5.69 Å². The van der Waals surface area contributed by atoms with Crippen molar-refractivity contribution < 1.29 is 4.52 Å². The number of nitrogens with zero attached hydrogens (tertiary/aromatic N) is 4. The number of hydrogen-bond donors (Lipinski definition) is 1. The van der Waals surface area contributed by atoms with Crippen LogP contribution in [0, 0.1) is 0 Å². The van der Waals surface area contributed by atoms with E-state index in [1.54, 1.807) is 30.9 Å². The Kier molecular flexibility index (Phi) is 2.45. The quantitative estimate of drug-likeness (QED) is 0.732. The largest absolute Gasteiger partial charge is 0.367 e. The van der Waals surface area contributed by atoms with Crippen LogP contribution in [0.5, 0.6) is 0 Å². The minimum Gasteiger partial charge on any atom is -0.367 e. The van der Waals surface area contributed by atoms with E-state index in [0.29, 0.717) is 5.69 Å². The van der Waals surface area contributed by atoms with Gasteiger partial charge >= 0.3 is 0 Å². The van der Waals surface area contributed by atoms with E-state index in [0.717, 1.165) is 16.7 Å². The summed E-state index contributed by atoms with van der Waals surface area (Å²) < 4.78 is 5.06. The van der Waals surface area contributed by atoms with E-state index in [9.17, 15) is 0 Å². The first kappa shape index (κ1) is 10.4. The highest BCUT2D eigenvalue weighted by atomic mass is 16.5. The van der Waals surface area contributed by atoms with Crippen LogP contribution in [-0.2, 0) is 0 Å². The predicted molar refractivity (Wildman–Crippen MR) is 65.2 cm³/mol. The Balaban J connectivity index is 2.19. The summed E-state index contributed by atoms with van der Waals surface area (Å²) in [5.41, 5.74) is 8.91. The maximum atomic E-state index is 5.83. The van der Waals surface area contributed by atoms with E-state index in [1.165, 1.54) is 0 Å². The molecule has 3 heterocycles. The number of anilines is 1. The molecule has 18 heavy (non-hydrogen) atoms. The van der Waals surface area contributed by atoms with Crippen LogP contribution < -0.4 is 5.73 Å². The molecule has 0 spiro atoms. The highest BCUT2D eigenvalue weighted by Crippen LogP contribution is 2.35. The van der Waals surface area contributed by atoms with E-state index in [-0.39, 0.29) is 5.88 Å². The van der Waals surface area contributed by atoms with Crippen LogP contribution in [0.1, 0.15) is 0 Å². The highest BCUT2D eigenvalue weighted by Gasteiger charge is 2.17. The minimum atomic E-state index is 0.271. The summed E-state index contributed by atoms with van der Waals surface area (Å²) >= 11 is 0. The van der Waals surface area contributed by atoms with Gasteiger partial charge in [0.15, 0.2) is 0 Å². The summed E-state index contributed by atoms with van der Waals surface area (Å²) in [5.74, 6) is 0.271. The van der Waals surface area contributed by atoms with Gasteiger partial charge < -0.3 is 10.3 Å². The van der Waals surface area contributed by atoms with Crippen LogP contribution in [0.15, 0.2) is 47.5 Å². The van der Waals surface area contributed by atoms with Crippen molar-refractivity contribution in [2.24, 2.45) is 0 Å². The zero-order valence-electron chi connectivity index (χ0n) is 9.32. The van der Waals surface area contributed by atoms with Crippen LogP contribution in [0.3, 0.4) is 0 Å². The average molecular weight is 239 g/mol. The highest BCUT2D eigenvalue weighted by molar-refractivity contribution is 5.86. The molecule has 0 aliphatic rings. The molecule has 6 heteroatoms. The summed E-state index contributed by atoms with van der Waals surface area (Å²) in [6.07, 6.45) is 6.59. The normalized spacial score (nSPS) is 10.4. The third kappa shape index (κ3) is 1.69. The molecular formula is C12H9N5O. The number of hydrogen-bond acceptors (Lipinski definition) is 6. The van der Waals surface area contributed by atoms with Crippen LogP contribution in [-0.4, -0.2) is 20.3 Å². The van der Waals surface area contributed by atoms with Gasteiger partial charge in [-0.15, -0.1) is 0 Å². The SMILES string of the molecule is Nc1onc(-c2ccnnc2)c1-c1ccncc1. The zero-order valence-corrected chi connectivity index (χ0v) is 9.32. The molecule has 3 aromatic rings. The van der Waals surface area contributed by atoms with Crippen molar-refractivity contribution in [3.63, 3.8) is 0 Å². The zero-order chi connectivity index (χ0) is 12.4. The molecule has 3 aromatic heterocycles. The second kappa shape index (κ2) is 4.25. The van der Waals surface area contributed by atoms with Gasteiger partial charge in [-0.3, -0.25) is 4.98 Å². The molecule has 0 atom stereocenters. The molecule has 0 amide bonds. The molecule has 0 fully saturated rings. The Labute approximate surface area is 102 Å². The third-order valence-corrected chi connectivity index (χ3v) is 2.55. The molecule has 0 aliphatic heterocycles. The second-order valence-corrected chi connectivity index (χ2v) is 3.64. The lowest BCUT2D eigenvalue weighted by Crippen LogP contribution is -1.89. The van der Waals surface area contributed by atoms with Crippen molar-refractivity contribution in [1.29, 1.82) is 0 Å². The minimum absolute atomic E-state index is 0.271. The van der Waals surface area contributed by atoms with E-state index in [1.807, 2.05) is 12.1 Å². The van der Waals surface area contributed by atoms with Gasteiger partial charge in [0.05, 0.1) is 18.0 Å². The summed E-state index contributed by atoms with van der Waals surface area (Å²) in [6, 6.07) is 5.50. The molecule has 3 rings (SSSR count). The first-order valence-corrected chi connectivity index (χ1v) is 5.29. The predicted octanol–water partition coefficient (Wildman–Crippen LogP) is 1.78. The van der Waals surface area contributed by atoms with Crippen LogP contribution in [0.4, 0.5) is 5.88 Å². The molecule has 2 N–H and O–H groups in total. The second-order valence-electron chi connectivity index (χ2n) is 3.64. The van der Waals surface area contributed by atoms with Gasteiger partial charge in [-0.1, -0.05) is 5.16 Å². The molecule has 0 bridgehead atoms. The Morgan fingerprint density at radius 2 is 1.72 bits per heavy atom. The fourth-order valence-corrected chi connectivity index (χ4v) is 1.73. The molecule has 6 nitrogen and oxygen atoms in total. The molecule has 88 valence electrons. The van der Waals surface area contributed by atoms with Crippen molar-refractivity contribution in [1.82, 2.24) is 20.3 Å².